The van der Waals surface area contributed by atoms with Crippen molar-refractivity contribution >= 4 is 33.6 Å². The smallest absolute Gasteiger partial charge is 0.240 e. The summed E-state index contributed by atoms with van der Waals surface area (Å²) in [6.45, 7) is 1.36. The Morgan fingerprint density at radius 2 is 1.00 bits per heavy atom. The summed E-state index contributed by atoms with van der Waals surface area (Å²) in [6, 6.07) is 0. The van der Waals surface area contributed by atoms with Crippen molar-refractivity contribution in [3.8, 4) is 0 Å². The molecule has 0 atom stereocenters. The predicted molar refractivity (Wildman–Crippen MR) is 90.1 cm³/mol. The van der Waals surface area contributed by atoms with Gasteiger partial charge < -0.3 is 9.80 Å². The Bertz CT molecular complexity index is 833. The van der Waals surface area contributed by atoms with E-state index < -0.39 is 21.7 Å². The van der Waals surface area contributed by atoms with E-state index in [-0.39, 0.29) is 10.4 Å². The van der Waals surface area contributed by atoms with Gasteiger partial charge in [-0.05, 0) is 0 Å². The zero-order valence-corrected chi connectivity index (χ0v) is 13.8. The summed E-state index contributed by atoms with van der Waals surface area (Å²) in [7, 11) is 3.48. The number of nitrogens with zero attached hydrogens (tertiary/aromatic N) is 2. The molecule has 0 radical (unpaired) electrons. The molecule has 0 bridgehead atoms. The number of thioether (sulfide) groups is 2. The van der Waals surface area contributed by atoms with Crippen LogP contribution in [-0.4, -0.2) is 48.5 Å². The molecule has 6 nitrogen and oxygen atoms in total. The molecule has 2 aliphatic rings. The summed E-state index contributed by atoms with van der Waals surface area (Å²) in [5.74, 6) is 1.45. The molecular formula is C14H14N2O4S2. The summed E-state index contributed by atoms with van der Waals surface area (Å²) < 4.78 is 0. The minimum absolute atomic E-state index is 0.255. The lowest BCUT2D eigenvalue weighted by Crippen LogP contribution is -2.65. The molecule has 0 N–H and O–H groups in total. The van der Waals surface area contributed by atoms with E-state index in [1.54, 1.807) is 23.9 Å². The van der Waals surface area contributed by atoms with Crippen LogP contribution in [0.1, 0.15) is 0 Å². The molecule has 2 aliphatic heterocycles. The van der Waals surface area contributed by atoms with Crippen LogP contribution in [0, 0.1) is 0 Å². The highest BCUT2D eigenvalue weighted by atomic mass is 32.2. The van der Waals surface area contributed by atoms with Crippen molar-refractivity contribution in [2.24, 2.45) is 0 Å². The highest BCUT2D eigenvalue weighted by molar-refractivity contribution is 8.08. The first kappa shape index (κ1) is 15.4. The highest BCUT2D eigenvalue weighted by Gasteiger charge is 2.23. The van der Waals surface area contributed by atoms with Gasteiger partial charge in [-0.15, -0.1) is 23.5 Å². The van der Waals surface area contributed by atoms with Gasteiger partial charge in [-0.2, -0.15) is 0 Å². The highest BCUT2D eigenvalue weighted by Crippen LogP contribution is 2.25. The summed E-state index contributed by atoms with van der Waals surface area (Å²) in [4.78, 5) is 53.1. The summed E-state index contributed by atoms with van der Waals surface area (Å²) in [5.41, 5.74) is -3.43. The fraction of sp³-hybridized carbons (Fsp3) is 0.429. The van der Waals surface area contributed by atoms with Crippen LogP contribution in [0.25, 0.3) is 10.1 Å². The van der Waals surface area contributed by atoms with E-state index in [1.165, 1.54) is 23.5 Å². The number of hydrogen-bond donors (Lipinski definition) is 0. The van der Waals surface area contributed by atoms with Crippen LogP contribution in [0.15, 0.2) is 19.2 Å². The maximum atomic E-state index is 12.4. The van der Waals surface area contributed by atoms with E-state index >= 15 is 0 Å². The van der Waals surface area contributed by atoms with E-state index in [1.807, 2.05) is 0 Å². The van der Waals surface area contributed by atoms with Gasteiger partial charge in [0.05, 0.1) is 10.1 Å². The second-order valence-electron chi connectivity index (χ2n) is 5.22. The van der Waals surface area contributed by atoms with Crippen LogP contribution < -0.4 is 32.2 Å². The Morgan fingerprint density at radius 1 is 0.682 bits per heavy atom. The molecule has 22 heavy (non-hydrogen) atoms. The third-order valence-corrected chi connectivity index (χ3v) is 6.12. The molecule has 0 spiro atoms. The van der Waals surface area contributed by atoms with E-state index in [4.69, 9.17) is 0 Å². The van der Waals surface area contributed by atoms with Crippen molar-refractivity contribution in [1.82, 2.24) is 9.80 Å². The van der Waals surface area contributed by atoms with E-state index in [2.05, 4.69) is 0 Å². The molecule has 3 rings (SSSR count). The van der Waals surface area contributed by atoms with E-state index in [0.717, 1.165) is 11.5 Å². The molecule has 116 valence electrons. The van der Waals surface area contributed by atoms with Gasteiger partial charge in [0.1, 0.15) is 10.4 Å². The maximum Gasteiger partial charge on any atom is 0.240 e. The summed E-state index contributed by atoms with van der Waals surface area (Å²) >= 11 is 2.66. The van der Waals surface area contributed by atoms with Crippen LogP contribution >= 0.6 is 23.5 Å². The van der Waals surface area contributed by atoms with Gasteiger partial charge in [0, 0.05) is 38.7 Å². The fourth-order valence-corrected chi connectivity index (χ4v) is 4.96. The van der Waals surface area contributed by atoms with Crippen LogP contribution in [-0.2, 0) is 0 Å². The van der Waals surface area contributed by atoms with Gasteiger partial charge in [0.15, 0.2) is 0 Å². The minimum Gasteiger partial charge on any atom is -0.368 e. The van der Waals surface area contributed by atoms with Crippen LogP contribution in [0.2, 0.25) is 0 Å². The van der Waals surface area contributed by atoms with E-state index in [0.29, 0.717) is 23.1 Å². The molecule has 1 aromatic rings. The Morgan fingerprint density at radius 3 is 1.23 bits per heavy atom. The fourth-order valence-electron chi connectivity index (χ4n) is 2.56. The Hall–Kier alpha value is -1.54. The lowest BCUT2D eigenvalue weighted by Gasteiger charge is -2.11. The zero-order valence-electron chi connectivity index (χ0n) is 12.2. The first-order valence-electron chi connectivity index (χ1n) is 6.78. The quantitative estimate of drug-likeness (QED) is 0.480. The third kappa shape index (κ3) is 2.21. The van der Waals surface area contributed by atoms with E-state index in [9.17, 15) is 19.2 Å². The first-order chi connectivity index (χ1) is 10.4. The second kappa shape index (κ2) is 5.58. The molecule has 2 fully saturated rings. The van der Waals surface area contributed by atoms with Gasteiger partial charge >= 0.3 is 0 Å². The topological polar surface area (TPSA) is 74.8 Å². The summed E-state index contributed by atoms with van der Waals surface area (Å²) in [6.07, 6.45) is 0. The zero-order chi connectivity index (χ0) is 16.0. The molecule has 0 aromatic heterocycles. The minimum atomic E-state index is -0.857. The lowest BCUT2D eigenvalue weighted by molar-refractivity contribution is 0.536. The van der Waals surface area contributed by atoms with Crippen LogP contribution in [0.3, 0.4) is 0 Å². The largest absolute Gasteiger partial charge is 0.368 e. The van der Waals surface area contributed by atoms with Crippen molar-refractivity contribution in [1.29, 1.82) is 0 Å². The summed E-state index contributed by atoms with van der Waals surface area (Å²) in [5, 5.41) is 0.367. The first-order valence-corrected chi connectivity index (χ1v) is 8.75. The standard InChI is InChI=1S/C14H14N2O4S2/c1-15-3-5-21-13(15)7-9(17)11(19)8(12(20)10(7)18)14-16(2)4-6-22-14/h3-6H2,1-2H3. The molecule has 2 saturated heterocycles. The molecule has 8 heteroatoms. The predicted octanol–water partition coefficient (Wildman–Crippen LogP) is -2.51. The van der Waals surface area contributed by atoms with Crippen molar-refractivity contribution in [2.45, 2.75) is 0 Å². The van der Waals surface area contributed by atoms with Crippen LogP contribution in [0.5, 0.6) is 0 Å². The molecule has 1 aromatic carbocycles. The van der Waals surface area contributed by atoms with Gasteiger partial charge in [-0.3, -0.25) is 19.2 Å². The van der Waals surface area contributed by atoms with Crippen LogP contribution in [0.4, 0.5) is 0 Å². The average Bonchev–Trinajstić information content (AvgIpc) is 3.08. The Kier molecular flexibility index (Phi) is 3.90. The molecule has 2 heterocycles. The molecule has 0 aliphatic carbocycles. The van der Waals surface area contributed by atoms with Gasteiger partial charge in [0.25, 0.3) is 0 Å². The Balaban J connectivity index is 2.54. The number of benzene rings is 1. The number of rotatable bonds is 0. The number of hydrogen-bond acceptors (Lipinski definition) is 8. The molecule has 0 unspecified atom stereocenters. The molecular weight excluding hydrogens is 324 g/mol. The van der Waals surface area contributed by atoms with Gasteiger partial charge in [0.2, 0.25) is 21.7 Å². The van der Waals surface area contributed by atoms with Crippen molar-refractivity contribution in [3.63, 3.8) is 0 Å². The molecule has 0 saturated carbocycles. The monoisotopic (exact) mass is 338 g/mol. The average molecular weight is 338 g/mol. The lowest BCUT2D eigenvalue weighted by atomic mass is 10.2. The van der Waals surface area contributed by atoms with Crippen molar-refractivity contribution < 1.29 is 0 Å². The van der Waals surface area contributed by atoms with Crippen molar-refractivity contribution in [3.05, 3.63) is 51.3 Å². The maximum absolute atomic E-state index is 12.4. The second-order valence-corrected chi connectivity index (χ2v) is 7.38. The SMILES string of the molecule is CN1CCSC1=c1c(=O)c(=O)c(=C2SCCN2C)c(=O)c1=O. The van der Waals surface area contributed by atoms with Crippen molar-refractivity contribution in [2.75, 3.05) is 38.7 Å². The third-order valence-electron chi connectivity index (χ3n) is 3.77. The Labute approximate surface area is 133 Å². The van der Waals surface area contributed by atoms with Gasteiger partial charge in [-0.25, -0.2) is 0 Å². The normalized spacial score (nSPS) is 18.6. The molecule has 0 amide bonds. The van der Waals surface area contributed by atoms with Gasteiger partial charge in [-0.1, -0.05) is 0 Å².